The second-order valence-corrected chi connectivity index (χ2v) is 11.4. The molecule has 0 aliphatic heterocycles. The van der Waals surface area contributed by atoms with E-state index in [1.807, 2.05) is 39.0 Å². The zero-order valence-corrected chi connectivity index (χ0v) is 23.9. The van der Waals surface area contributed by atoms with Gasteiger partial charge in [0, 0.05) is 12.6 Å². The van der Waals surface area contributed by atoms with Crippen molar-refractivity contribution in [1.29, 1.82) is 0 Å². The smallest absolute Gasteiger partial charge is 0.408 e. The van der Waals surface area contributed by atoms with Crippen molar-refractivity contribution in [3.63, 3.8) is 0 Å². The maximum Gasteiger partial charge on any atom is 0.408 e. The Kier molecular flexibility index (Phi) is 11.6. The van der Waals surface area contributed by atoms with Crippen LogP contribution in [0.15, 0.2) is 18.2 Å². The van der Waals surface area contributed by atoms with Crippen LogP contribution in [0.1, 0.15) is 102 Å². The molecular weight excluding hydrogens is 484 g/mol. The average molecular weight is 531 g/mol. The fourth-order valence-electron chi connectivity index (χ4n) is 4.78. The Morgan fingerprint density at radius 3 is 2.34 bits per heavy atom. The minimum Gasteiger partial charge on any atom is -0.444 e. The summed E-state index contributed by atoms with van der Waals surface area (Å²) in [5.41, 5.74) is 7.23. The summed E-state index contributed by atoms with van der Waals surface area (Å²) in [7, 11) is 0. The van der Waals surface area contributed by atoms with E-state index in [0.717, 1.165) is 55.2 Å². The zero-order valence-electron chi connectivity index (χ0n) is 23.9. The molecule has 2 unspecified atom stereocenters. The molecule has 1 aliphatic carbocycles. The first-order chi connectivity index (χ1) is 17.8. The molecule has 4 N–H and O–H groups in total. The maximum atomic E-state index is 14.1. The number of nitrogens with two attached hydrogens (primary N) is 1. The van der Waals surface area contributed by atoms with Gasteiger partial charge in [-0.15, -0.1) is 0 Å². The lowest BCUT2D eigenvalue weighted by Crippen LogP contribution is -2.55. The number of nitrogens with zero attached hydrogens (tertiary/aromatic N) is 1. The average Bonchev–Trinajstić information content (AvgIpc) is 2.81. The zero-order chi connectivity index (χ0) is 28.5. The van der Waals surface area contributed by atoms with Crippen molar-refractivity contribution in [3.8, 4) is 0 Å². The highest BCUT2D eigenvalue weighted by molar-refractivity contribution is 5.94. The number of unbranched alkanes of at least 4 members (excludes halogenated alkanes) is 1. The summed E-state index contributed by atoms with van der Waals surface area (Å²) < 4.78 is 5.34. The monoisotopic (exact) mass is 530 g/mol. The second-order valence-electron chi connectivity index (χ2n) is 11.4. The summed E-state index contributed by atoms with van der Waals surface area (Å²) in [4.78, 5) is 54.0. The Morgan fingerprint density at radius 2 is 1.76 bits per heavy atom. The third kappa shape index (κ3) is 9.65. The number of aryl methyl sites for hydroxylation is 2. The lowest BCUT2D eigenvalue weighted by Gasteiger charge is -2.36. The summed E-state index contributed by atoms with van der Waals surface area (Å²) in [5.74, 6) is -1.55. The van der Waals surface area contributed by atoms with Gasteiger partial charge < -0.3 is 26.0 Å². The highest BCUT2D eigenvalue weighted by atomic mass is 16.6. The number of rotatable bonds is 11. The van der Waals surface area contributed by atoms with Gasteiger partial charge in [-0.3, -0.25) is 14.4 Å². The molecule has 1 aromatic rings. The molecule has 4 amide bonds. The van der Waals surface area contributed by atoms with Crippen molar-refractivity contribution in [1.82, 2.24) is 15.5 Å². The first kappa shape index (κ1) is 31.1. The molecule has 9 nitrogen and oxygen atoms in total. The van der Waals surface area contributed by atoms with Crippen LogP contribution >= 0.6 is 0 Å². The van der Waals surface area contributed by atoms with Crippen LogP contribution in [0.2, 0.25) is 0 Å². The number of benzene rings is 1. The van der Waals surface area contributed by atoms with Crippen LogP contribution in [0, 0.1) is 13.8 Å². The summed E-state index contributed by atoms with van der Waals surface area (Å²) in [6.45, 7) is 11.2. The van der Waals surface area contributed by atoms with Gasteiger partial charge in [0.25, 0.3) is 0 Å². The van der Waals surface area contributed by atoms with Crippen LogP contribution in [-0.2, 0) is 19.1 Å². The van der Waals surface area contributed by atoms with Gasteiger partial charge in [-0.25, -0.2) is 4.79 Å². The first-order valence-electron chi connectivity index (χ1n) is 13.8. The Balaban J connectivity index is 2.51. The normalized spacial score (nSPS) is 15.7. The quantitative estimate of drug-likeness (QED) is 0.395. The van der Waals surface area contributed by atoms with Gasteiger partial charge in [-0.05, 0) is 65.0 Å². The highest BCUT2D eigenvalue weighted by Crippen LogP contribution is 2.28. The topological polar surface area (TPSA) is 131 Å². The molecular formula is C29H46N4O5. The first-order valence-corrected chi connectivity index (χ1v) is 13.8. The number of ether oxygens (including phenoxy) is 1. The van der Waals surface area contributed by atoms with E-state index in [-0.39, 0.29) is 18.5 Å². The number of alkyl carbamates (subject to hydrolysis) is 1. The van der Waals surface area contributed by atoms with E-state index in [1.54, 1.807) is 20.8 Å². The Morgan fingerprint density at radius 1 is 1.11 bits per heavy atom. The second kappa shape index (κ2) is 14.2. The summed E-state index contributed by atoms with van der Waals surface area (Å²) in [5, 5.41) is 5.72. The van der Waals surface area contributed by atoms with E-state index in [9.17, 15) is 19.2 Å². The van der Waals surface area contributed by atoms with E-state index >= 15 is 0 Å². The van der Waals surface area contributed by atoms with Crippen LogP contribution in [0.4, 0.5) is 4.79 Å². The molecule has 1 fully saturated rings. The van der Waals surface area contributed by atoms with Crippen LogP contribution in [-0.4, -0.2) is 52.9 Å². The fraction of sp³-hybridized carbons (Fsp3) is 0.655. The molecule has 0 bridgehead atoms. The number of carbonyl (C=O) groups is 4. The van der Waals surface area contributed by atoms with Gasteiger partial charge in [0.1, 0.15) is 17.7 Å². The molecule has 0 heterocycles. The number of carbonyl (C=O) groups excluding carboxylic acids is 4. The predicted molar refractivity (Wildman–Crippen MR) is 147 cm³/mol. The van der Waals surface area contributed by atoms with Crippen LogP contribution in [0.25, 0.3) is 0 Å². The Bertz CT molecular complexity index is 982. The molecule has 38 heavy (non-hydrogen) atoms. The molecule has 0 spiro atoms. The van der Waals surface area contributed by atoms with Crippen molar-refractivity contribution in [3.05, 3.63) is 34.9 Å². The van der Waals surface area contributed by atoms with Crippen molar-refractivity contribution in [2.75, 3.05) is 6.54 Å². The van der Waals surface area contributed by atoms with Gasteiger partial charge >= 0.3 is 6.09 Å². The summed E-state index contributed by atoms with van der Waals surface area (Å²) >= 11 is 0. The Labute approximate surface area is 227 Å². The van der Waals surface area contributed by atoms with Crippen LogP contribution in [0.5, 0.6) is 0 Å². The highest BCUT2D eigenvalue weighted by Gasteiger charge is 2.38. The molecule has 9 heteroatoms. The molecule has 2 rings (SSSR count). The molecule has 0 saturated heterocycles. The number of nitrogens with one attached hydrogen (secondary N) is 2. The molecule has 0 aromatic heterocycles. The molecule has 1 aromatic carbocycles. The molecule has 1 saturated carbocycles. The van der Waals surface area contributed by atoms with Crippen molar-refractivity contribution in [2.24, 2.45) is 5.73 Å². The van der Waals surface area contributed by atoms with E-state index in [0.29, 0.717) is 6.42 Å². The molecule has 1 aliphatic rings. The largest absolute Gasteiger partial charge is 0.444 e. The van der Waals surface area contributed by atoms with E-state index < -0.39 is 42.0 Å². The van der Waals surface area contributed by atoms with E-state index in [2.05, 4.69) is 10.6 Å². The van der Waals surface area contributed by atoms with Crippen molar-refractivity contribution < 1.29 is 23.9 Å². The lowest BCUT2D eigenvalue weighted by molar-refractivity contribution is -0.143. The molecule has 0 radical (unpaired) electrons. The number of hydrogen-bond acceptors (Lipinski definition) is 5. The Hall–Kier alpha value is -3.10. The van der Waals surface area contributed by atoms with Gasteiger partial charge in [-0.2, -0.15) is 0 Å². The molecule has 2 atom stereocenters. The predicted octanol–water partition coefficient (Wildman–Crippen LogP) is 4.19. The number of primary amides is 1. The van der Waals surface area contributed by atoms with Gasteiger partial charge in [-0.1, -0.05) is 56.4 Å². The van der Waals surface area contributed by atoms with Crippen molar-refractivity contribution in [2.45, 2.75) is 117 Å². The van der Waals surface area contributed by atoms with Crippen LogP contribution < -0.4 is 16.4 Å². The summed E-state index contributed by atoms with van der Waals surface area (Å²) in [6, 6.07) is 3.69. The minimum absolute atomic E-state index is 0.0493. The van der Waals surface area contributed by atoms with Gasteiger partial charge in [0.05, 0.1) is 6.42 Å². The number of amides is 4. The lowest BCUT2D eigenvalue weighted by atomic mass is 9.93. The van der Waals surface area contributed by atoms with Crippen LogP contribution in [0.3, 0.4) is 0 Å². The van der Waals surface area contributed by atoms with Gasteiger partial charge in [0.15, 0.2) is 0 Å². The fourth-order valence-corrected chi connectivity index (χ4v) is 4.78. The maximum absolute atomic E-state index is 14.1. The van der Waals surface area contributed by atoms with E-state index in [1.165, 1.54) is 4.90 Å². The van der Waals surface area contributed by atoms with E-state index in [4.69, 9.17) is 10.5 Å². The summed E-state index contributed by atoms with van der Waals surface area (Å²) in [6.07, 6.45) is 5.24. The standard InChI is InChI=1S/C29H46N4O5/c1-7-8-16-33(27(36)23(18-24(30)34)32-28(37)38-29(4,5)6)25(22-17-19(2)14-15-20(22)3)26(35)31-21-12-10-9-11-13-21/h14-15,17,21,23,25H,7-13,16,18H2,1-6H3,(H2,30,34)(H,31,35)(H,32,37). The van der Waals surface area contributed by atoms with Gasteiger partial charge in [0.2, 0.25) is 17.7 Å². The minimum atomic E-state index is -1.27. The third-order valence-electron chi connectivity index (χ3n) is 6.67. The number of hydrogen-bond donors (Lipinski definition) is 3. The van der Waals surface area contributed by atoms with Crippen molar-refractivity contribution >= 4 is 23.8 Å². The molecule has 212 valence electrons. The third-order valence-corrected chi connectivity index (χ3v) is 6.67. The SMILES string of the molecule is CCCCN(C(=O)C(CC(N)=O)NC(=O)OC(C)(C)C)C(C(=O)NC1CCCCC1)c1cc(C)ccc1C.